The van der Waals surface area contributed by atoms with Crippen molar-refractivity contribution in [3.8, 4) is 29.1 Å². The zero-order chi connectivity index (χ0) is 40.3. The molecule has 0 radical (unpaired) electrons. The second-order valence-electron chi connectivity index (χ2n) is 16.6. The monoisotopic (exact) mass is 792 g/mol. The molecule has 2 fully saturated rings. The zero-order valence-electron chi connectivity index (χ0n) is 32.0. The number of carbonyl (C=O) groups is 2. The first-order valence-corrected chi connectivity index (χ1v) is 20.3. The van der Waals surface area contributed by atoms with Gasteiger partial charge in [0, 0.05) is 46.0 Å². The Kier molecular flexibility index (Phi) is 9.41. The highest BCUT2D eigenvalue weighted by Gasteiger charge is 2.61. The number of hydrogen-bond donors (Lipinski definition) is 6. The van der Waals surface area contributed by atoms with E-state index in [1.165, 1.54) is 35.4 Å². The van der Waals surface area contributed by atoms with Crippen molar-refractivity contribution in [1.82, 2.24) is 5.32 Å². The molecular formula is C48H44N2O7S. The Morgan fingerprint density at radius 3 is 2.52 bits per heavy atom. The molecule has 5 aliphatic rings. The molecule has 0 saturated heterocycles. The molecule has 0 bridgehead atoms. The number of rotatable bonds is 5. The normalized spacial score (nSPS) is 26.4. The average molecular weight is 793 g/mol. The minimum Gasteiger partial charge on any atom is -0.508 e. The molecule has 1 heterocycles. The van der Waals surface area contributed by atoms with Crippen molar-refractivity contribution in [2.45, 2.75) is 76.0 Å². The summed E-state index contributed by atoms with van der Waals surface area (Å²) in [5, 5.41) is 49.2. The second-order valence-corrected chi connectivity index (χ2v) is 17.0. The average Bonchev–Trinajstić information content (AvgIpc) is 3.48. The first kappa shape index (κ1) is 37.7. The van der Waals surface area contributed by atoms with E-state index in [0.717, 1.165) is 43.2 Å². The first-order chi connectivity index (χ1) is 27.9. The third kappa shape index (κ3) is 6.62. The van der Waals surface area contributed by atoms with Gasteiger partial charge < -0.3 is 35.8 Å². The minimum absolute atomic E-state index is 0.00238. The van der Waals surface area contributed by atoms with Crippen LogP contribution in [0.2, 0.25) is 0 Å². The number of aryl methyl sites for hydroxylation is 1. The van der Waals surface area contributed by atoms with E-state index in [-0.39, 0.29) is 28.9 Å². The molecule has 4 aromatic rings. The summed E-state index contributed by atoms with van der Waals surface area (Å²) in [4.78, 5) is 24.9. The summed E-state index contributed by atoms with van der Waals surface area (Å²) in [5.41, 5.74) is 6.04. The van der Waals surface area contributed by atoms with E-state index in [1.54, 1.807) is 24.3 Å². The Labute approximate surface area is 342 Å². The van der Waals surface area contributed by atoms with E-state index in [4.69, 9.17) is 17.0 Å². The van der Waals surface area contributed by atoms with Gasteiger partial charge in [-0.3, -0.25) is 4.79 Å². The van der Waals surface area contributed by atoms with Gasteiger partial charge in [0.1, 0.15) is 29.0 Å². The molecule has 58 heavy (non-hydrogen) atoms. The number of allylic oxidation sites excluding steroid dienone is 1. The molecule has 294 valence electrons. The Balaban J connectivity index is 0.857. The lowest BCUT2D eigenvalue weighted by atomic mass is 9.53. The van der Waals surface area contributed by atoms with Crippen molar-refractivity contribution in [2.24, 2.45) is 17.3 Å². The number of ether oxygens (including phenoxy) is 1. The Morgan fingerprint density at radius 1 is 0.931 bits per heavy atom. The molecule has 2 saturated carbocycles. The molecular weight excluding hydrogens is 749 g/mol. The Bertz CT molecular complexity index is 2510. The number of aromatic carboxylic acids is 1. The lowest BCUT2D eigenvalue weighted by Gasteiger charge is -2.52. The van der Waals surface area contributed by atoms with Crippen molar-refractivity contribution in [3.05, 3.63) is 136 Å². The number of phenolic OH excluding ortho intramolecular Hbond substituents is 2. The molecule has 6 N–H and O–H groups in total. The summed E-state index contributed by atoms with van der Waals surface area (Å²) < 4.78 is 6.07. The van der Waals surface area contributed by atoms with Crippen LogP contribution in [0.4, 0.5) is 5.69 Å². The molecule has 9 nitrogen and oxygen atoms in total. The van der Waals surface area contributed by atoms with Crippen molar-refractivity contribution in [3.63, 3.8) is 0 Å². The predicted octanol–water partition coefficient (Wildman–Crippen LogP) is 8.01. The third-order valence-corrected chi connectivity index (χ3v) is 13.7. The van der Waals surface area contributed by atoms with Crippen LogP contribution in [-0.2, 0) is 17.8 Å². The van der Waals surface area contributed by atoms with E-state index in [1.807, 2.05) is 36.4 Å². The number of nitrogens with one attached hydrogen (secondary N) is 2. The number of phenols is 2. The standard InChI is InChI=1S/C48H44N2O7S/c1-47-19-17-35-34-13-8-31(51)22-29(34)6-11-36(35)41(47)18-21-48(47,56)20-16-27-2-4-28(5-3-27)26-49-46(58)50-30-7-12-37(40(23-30)45(54)55)44-38-14-9-32(52)24-42(38)57-43-25-33(53)10-15-39(43)44/h2-5,7-10,12-15,22-24,35-36,41,43,51-52,56H,6,11,17-19,21,25-26H2,1H3,(H,54,55)(H2,49,50,58)/t35-,36-,41+,43?,47+,48+/m1/s1. The van der Waals surface area contributed by atoms with Gasteiger partial charge in [0.2, 0.25) is 0 Å². The maximum Gasteiger partial charge on any atom is 0.336 e. The summed E-state index contributed by atoms with van der Waals surface area (Å²) in [6.45, 7) is 2.67. The van der Waals surface area contributed by atoms with Crippen LogP contribution in [0.25, 0.3) is 5.57 Å². The molecule has 9 rings (SSSR count). The highest BCUT2D eigenvalue weighted by molar-refractivity contribution is 7.80. The number of benzene rings is 4. The number of carbonyl (C=O) groups excluding carboxylic acids is 1. The number of aliphatic hydroxyl groups is 1. The van der Waals surface area contributed by atoms with Crippen molar-refractivity contribution in [2.75, 3.05) is 5.32 Å². The molecule has 0 amide bonds. The van der Waals surface area contributed by atoms with Crippen LogP contribution in [-0.4, -0.2) is 49.0 Å². The second kappa shape index (κ2) is 14.5. The van der Waals surface area contributed by atoms with Gasteiger partial charge in [-0.15, -0.1) is 0 Å². The van der Waals surface area contributed by atoms with Gasteiger partial charge in [-0.25, -0.2) is 4.79 Å². The third-order valence-electron chi connectivity index (χ3n) is 13.4. The summed E-state index contributed by atoms with van der Waals surface area (Å²) >= 11 is 5.59. The van der Waals surface area contributed by atoms with Crippen molar-refractivity contribution in [1.29, 1.82) is 0 Å². The van der Waals surface area contributed by atoms with Crippen LogP contribution in [0.15, 0.2) is 96.6 Å². The first-order valence-electron chi connectivity index (χ1n) is 19.9. The molecule has 0 aromatic heterocycles. The van der Waals surface area contributed by atoms with Crippen LogP contribution >= 0.6 is 12.2 Å². The van der Waals surface area contributed by atoms with Gasteiger partial charge in [0.25, 0.3) is 0 Å². The van der Waals surface area contributed by atoms with Gasteiger partial charge >= 0.3 is 5.97 Å². The maximum atomic E-state index is 12.7. The van der Waals surface area contributed by atoms with E-state index >= 15 is 0 Å². The zero-order valence-corrected chi connectivity index (χ0v) is 32.9. The van der Waals surface area contributed by atoms with Gasteiger partial charge in [0.15, 0.2) is 10.9 Å². The number of carboxylic acid groups (broad SMARTS) is 1. The maximum absolute atomic E-state index is 12.7. The molecule has 4 aromatic carbocycles. The molecule has 6 atom stereocenters. The SMILES string of the molecule is C[C@]12CC[C@@H]3c4ccc(O)cc4CC[C@H]3[C@@H]1CC[C@@]2(O)C#Cc1ccc(CNC(=S)Nc2ccc(C3=C4C=CC(=O)CC4Oc4cc(O)ccc43)c(C(=O)O)c2)cc1. The van der Waals surface area contributed by atoms with E-state index < -0.39 is 17.7 Å². The fourth-order valence-electron chi connectivity index (χ4n) is 10.5. The number of fused-ring (bicyclic) bond motifs is 7. The number of hydrogen-bond acceptors (Lipinski definition) is 7. The van der Waals surface area contributed by atoms with Crippen LogP contribution in [0, 0.1) is 29.1 Å². The summed E-state index contributed by atoms with van der Waals surface area (Å²) in [5.74, 6) is 7.51. The fraction of sp³-hybridized carbons (Fsp3) is 0.312. The highest BCUT2D eigenvalue weighted by atomic mass is 32.1. The topological polar surface area (TPSA) is 148 Å². The molecule has 4 aliphatic carbocycles. The molecule has 1 unspecified atom stereocenters. The summed E-state index contributed by atoms with van der Waals surface area (Å²) in [6, 6.07) is 23.4. The number of thiocarbonyl (C=S) groups is 1. The molecule has 0 spiro atoms. The Morgan fingerprint density at radius 2 is 1.71 bits per heavy atom. The van der Waals surface area contributed by atoms with Crippen LogP contribution in [0.3, 0.4) is 0 Å². The highest BCUT2D eigenvalue weighted by Crippen LogP contribution is 2.64. The van der Waals surface area contributed by atoms with Gasteiger partial charge in [-0.05, 0) is 145 Å². The van der Waals surface area contributed by atoms with Crippen LogP contribution in [0.1, 0.15) is 95.1 Å². The van der Waals surface area contributed by atoms with Gasteiger partial charge in [0.05, 0.1) is 12.0 Å². The van der Waals surface area contributed by atoms with Crippen LogP contribution in [0.5, 0.6) is 17.2 Å². The van der Waals surface area contributed by atoms with E-state index in [2.05, 4.69) is 35.5 Å². The fourth-order valence-corrected chi connectivity index (χ4v) is 10.7. The smallest absolute Gasteiger partial charge is 0.336 e. The van der Waals surface area contributed by atoms with Crippen LogP contribution < -0.4 is 15.4 Å². The van der Waals surface area contributed by atoms with Gasteiger partial charge in [-0.2, -0.15) is 0 Å². The quantitative estimate of drug-likeness (QED) is 0.0868. The van der Waals surface area contributed by atoms with E-state index in [0.29, 0.717) is 75.3 Å². The lowest BCUT2D eigenvalue weighted by molar-refractivity contribution is -0.116. The number of ketones is 1. The van der Waals surface area contributed by atoms with Crippen molar-refractivity contribution >= 4 is 40.3 Å². The molecule has 1 aliphatic heterocycles. The van der Waals surface area contributed by atoms with Gasteiger partial charge in [-0.1, -0.05) is 49.1 Å². The van der Waals surface area contributed by atoms with Crippen molar-refractivity contribution < 1.29 is 34.8 Å². The number of carboxylic acids is 1. The minimum atomic E-state index is -1.13. The lowest BCUT2D eigenvalue weighted by Crippen LogP contribution is -2.50. The summed E-state index contributed by atoms with van der Waals surface area (Å²) in [6.07, 6.45) is 8.28. The predicted molar refractivity (Wildman–Crippen MR) is 225 cm³/mol. The molecule has 10 heteroatoms. The summed E-state index contributed by atoms with van der Waals surface area (Å²) in [7, 11) is 0. The largest absolute Gasteiger partial charge is 0.508 e. The number of aromatic hydroxyl groups is 2. The Hall–Kier alpha value is -5.89. The number of anilines is 1. The van der Waals surface area contributed by atoms with E-state index in [9.17, 15) is 30.0 Å².